The van der Waals surface area contributed by atoms with Gasteiger partial charge >= 0.3 is 18.4 Å². The molecule has 186 valence electrons. The number of halogens is 3. The van der Waals surface area contributed by atoms with Crippen molar-refractivity contribution in [3.05, 3.63) is 83.9 Å². The summed E-state index contributed by atoms with van der Waals surface area (Å²) in [6, 6.07) is 21.5. The normalized spacial score (nSPS) is 17.5. The SMILES string of the molecule is CC(C)C(C(=O)OC(C#N)c1cccc(Oc2ccccc2)c1)c1ccc2c(c1)OC(F)(F)C(F)O2. The first-order valence-corrected chi connectivity index (χ1v) is 11.1. The molecular formula is C27H22F3NO5. The summed E-state index contributed by atoms with van der Waals surface area (Å²) >= 11 is 0. The molecule has 0 N–H and O–H groups in total. The first-order valence-electron chi connectivity index (χ1n) is 11.1. The molecule has 0 saturated carbocycles. The van der Waals surface area contributed by atoms with Gasteiger partial charge in [-0.25, -0.2) is 0 Å². The molecule has 0 saturated heterocycles. The second-order valence-electron chi connectivity index (χ2n) is 8.46. The van der Waals surface area contributed by atoms with Gasteiger partial charge in [0.25, 0.3) is 0 Å². The Morgan fingerprint density at radius 2 is 1.69 bits per heavy atom. The fourth-order valence-corrected chi connectivity index (χ4v) is 3.79. The Kier molecular flexibility index (Phi) is 7.06. The third-order valence-electron chi connectivity index (χ3n) is 5.48. The van der Waals surface area contributed by atoms with E-state index < -0.39 is 36.2 Å². The summed E-state index contributed by atoms with van der Waals surface area (Å²) in [7, 11) is 0. The highest BCUT2D eigenvalue weighted by Gasteiger charge is 2.49. The maximum atomic E-state index is 13.6. The van der Waals surface area contributed by atoms with Gasteiger partial charge in [-0.3, -0.25) is 4.79 Å². The van der Waals surface area contributed by atoms with Crippen LogP contribution in [-0.4, -0.2) is 18.4 Å². The van der Waals surface area contributed by atoms with Crippen LogP contribution in [0.5, 0.6) is 23.0 Å². The molecule has 9 heteroatoms. The third kappa shape index (κ3) is 5.38. The second-order valence-corrected chi connectivity index (χ2v) is 8.46. The van der Waals surface area contributed by atoms with E-state index in [2.05, 4.69) is 9.47 Å². The molecule has 0 aromatic heterocycles. The number of carbonyl (C=O) groups is 1. The molecule has 1 aliphatic rings. The number of benzene rings is 3. The predicted octanol–water partition coefficient (Wildman–Crippen LogP) is 6.69. The molecule has 0 aliphatic carbocycles. The standard InChI is InChI=1S/C27H22F3NO5/c1-16(2)24(18-11-12-21-22(14-18)36-27(29,30)26(28)35-21)25(32)34-23(15-31)17-7-6-10-20(13-17)33-19-8-4-3-5-9-19/h3-14,16,23-24,26H,1-2H3. The second kappa shape index (κ2) is 10.2. The van der Waals surface area contributed by atoms with Gasteiger partial charge < -0.3 is 18.9 Å². The van der Waals surface area contributed by atoms with E-state index in [-0.39, 0.29) is 11.7 Å². The number of ether oxygens (including phenoxy) is 4. The van der Waals surface area contributed by atoms with E-state index >= 15 is 0 Å². The Labute approximate surface area is 205 Å². The molecule has 36 heavy (non-hydrogen) atoms. The van der Waals surface area contributed by atoms with Gasteiger partial charge in [0.15, 0.2) is 11.5 Å². The van der Waals surface area contributed by atoms with Gasteiger partial charge in [-0.05, 0) is 47.9 Å². The van der Waals surface area contributed by atoms with Crippen LogP contribution in [0.3, 0.4) is 0 Å². The minimum Gasteiger partial charge on any atom is -0.457 e. The summed E-state index contributed by atoms with van der Waals surface area (Å²) in [5.41, 5.74) is 0.695. The first kappa shape index (κ1) is 24.9. The first-order chi connectivity index (χ1) is 17.2. The molecule has 0 spiro atoms. The number of carbonyl (C=O) groups excluding carboxylic acids is 1. The maximum absolute atomic E-state index is 13.6. The van der Waals surface area contributed by atoms with Gasteiger partial charge in [0.05, 0.1) is 5.92 Å². The topological polar surface area (TPSA) is 77.8 Å². The van der Waals surface area contributed by atoms with Crippen LogP contribution >= 0.6 is 0 Å². The molecule has 1 heterocycles. The number of rotatable bonds is 7. The van der Waals surface area contributed by atoms with Gasteiger partial charge in [-0.2, -0.15) is 18.4 Å². The van der Waals surface area contributed by atoms with Crippen LogP contribution in [0.4, 0.5) is 13.2 Å². The fraction of sp³-hybridized carbons (Fsp3) is 0.259. The molecule has 1 aliphatic heterocycles. The van der Waals surface area contributed by atoms with Gasteiger partial charge in [-0.1, -0.05) is 50.2 Å². The average Bonchev–Trinajstić information content (AvgIpc) is 2.84. The zero-order valence-electron chi connectivity index (χ0n) is 19.4. The highest BCUT2D eigenvalue weighted by atomic mass is 19.3. The monoisotopic (exact) mass is 497 g/mol. The molecule has 0 fully saturated rings. The van der Waals surface area contributed by atoms with Crippen LogP contribution < -0.4 is 14.2 Å². The van der Waals surface area contributed by atoms with Crippen LogP contribution in [0.1, 0.15) is 37.0 Å². The van der Waals surface area contributed by atoms with Crippen molar-refractivity contribution in [2.75, 3.05) is 0 Å². The Hall–Kier alpha value is -4.19. The van der Waals surface area contributed by atoms with Crippen LogP contribution in [0.2, 0.25) is 0 Å². The lowest BCUT2D eigenvalue weighted by Crippen LogP contribution is -2.43. The minimum atomic E-state index is -4.17. The van der Waals surface area contributed by atoms with E-state index in [1.807, 2.05) is 24.3 Å². The van der Waals surface area contributed by atoms with Crippen molar-refractivity contribution >= 4 is 5.97 Å². The minimum absolute atomic E-state index is 0.210. The summed E-state index contributed by atoms with van der Waals surface area (Å²) in [4.78, 5) is 13.2. The smallest absolute Gasteiger partial charge is 0.457 e. The third-order valence-corrected chi connectivity index (χ3v) is 5.48. The van der Waals surface area contributed by atoms with E-state index in [0.717, 1.165) is 0 Å². The van der Waals surface area contributed by atoms with Gasteiger partial charge in [0.1, 0.15) is 17.6 Å². The van der Waals surface area contributed by atoms with E-state index in [4.69, 9.17) is 9.47 Å². The van der Waals surface area contributed by atoms with Gasteiger partial charge in [0.2, 0.25) is 6.10 Å². The number of nitrogens with zero attached hydrogens (tertiary/aromatic N) is 1. The average molecular weight is 497 g/mol. The lowest BCUT2D eigenvalue weighted by molar-refractivity contribution is -0.281. The molecule has 0 radical (unpaired) electrons. The molecule has 4 rings (SSSR count). The molecule has 3 aromatic rings. The Bertz CT molecular complexity index is 1280. The highest BCUT2D eigenvalue weighted by molar-refractivity contribution is 5.79. The Morgan fingerprint density at radius 1 is 0.972 bits per heavy atom. The van der Waals surface area contributed by atoms with E-state index in [1.165, 1.54) is 18.2 Å². The number of alkyl halides is 3. The van der Waals surface area contributed by atoms with Crippen molar-refractivity contribution in [2.45, 2.75) is 38.3 Å². The van der Waals surface area contributed by atoms with Crippen molar-refractivity contribution in [2.24, 2.45) is 5.92 Å². The van der Waals surface area contributed by atoms with Crippen LogP contribution in [0.15, 0.2) is 72.8 Å². The molecule has 3 aromatic carbocycles. The molecule has 3 atom stereocenters. The molecular weight excluding hydrogens is 475 g/mol. The Morgan fingerprint density at radius 3 is 2.39 bits per heavy atom. The van der Waals surface area contributed by atoms with Gasteiger partial charge in [0, 0.05) is 5.56 Å². The molecule has 3 unspecified atom stereocenters. The van der Waals surface area contributed by atoms with Crippen LogP contribution in [0, 0.1) is 17.2 Å². The van der Waals surface area contributed by atoms with Crippen LogP contribution in [0.25, 0.3) is 0 Å². The molecule has 6 nitrogen and oxygen atoms in total. The van der Waals surface area contributed by atoms with E-state index in [0.29, 0.717) is 22.6 Å². The lowest BCUT2D eigenvalue weighted by Gasteiger charge is -2.29. The van der Waals surface area contributed by atoms with E-state index in [9.17, 15) is 23.2 Å². The van der Waals surface area contributed by atoms with Crippen LogP contribution in [-0.2, 0) is 9.53 Å². The lowest BCUT2D eigenvalue weighted by atomic mass is 9.88. The van der Waals surface area contributed by atoms with E-state index in [1.54, 1.807) is 50.2 Å². The van der Waals surface area contributed by atoms with Crippen molar-refractivity contribution in [3.8, 4) is 29.1 Å². The zero-order chi connectivity index (χ0) is 25.9. The quantitative estimate of drug-likeness (QED) is 0.339. The largest absolute Gasteiger partial charge is 0.468 e. The van der Waals surface area contributed by atoms with Crippen molar-refractivity contribution in [1.82, 2.24) is 0 Å². The number of esters is 1. The maximum Gasteiger partial charge on any atom is 0.468 e. The van der Waals surface area contributed by atoms with Crippen molar-refractivity contribution in [1.29, 1.82) is 5.26 Å². The number of para-hydroxylation sites is 1. The van der Waals surface area contributed by atoms with Crippen molar-refractivity contribution < 1.29 is 36.9 Å². The zero-order valence-corrected chi connectivity index (χ0v) is 19.4. The summed E-state index contributed by atoms with van der Waals surface area (Å²) < 4.78 is 61.1. The number of nitriles is 1. The molecule has 0 amide bonds. The summed E-state index contributed by atoms with van der Waals surface area (Å²) in [6.07, 6.45) is -8.36. The fourth-order valence-electron chi connectivity index (χ4n) is 3.79. The van der Waals surface area contributed by atoms with Crippen molar-refractivity contribution in [3.63, 3.8) is 0 Å². The predicted molar refractivity (Wildman–Crippen MR) is 123 cm³/mol. The Balaban J connectivity index is 1.54. The number of hydrogen-bond acceptors (Lipinski definition) is 6. The summed E-state index contributed by atoms with van der Waals surface area (Å²) in [5.74, 6) is -1.54. The number of hydrogen-bond donors (Lipinski definition) is 0. The summed E-state index contributed by atoms with van der Waals surface area (Å²) in [6.45, 7) is 3.48. The van der Waals surface area contributed by atoms with Gasteiger partial charge in [-0.15, -0.1) is 0 Å². The number of fused-ring (bicyclic) bond motifs is 1. The summed E-state index contributed by atoms with van der Waals surface area (Å²) in [5, 5.41) is 9.72. The highest BCUT2D eigenvalue weighted by Crippen LogP contribution is 2.43. The molecule has 0 bridgehead atoms.